The van der Waals surface area contributed by atoms with Crippen LogP contribution in [0.25, 0.3) is 5.78 Å². The molecule has 102 valence electrons. The van der Waals surface area contributed by atoms with E-state index in [9.17, 15) is 0 Å². The van der Waals surface area contributed by atoms with Gasteiger partial charge in [-0.15, -0.1) is 0 Å². The van der Waals surface area contributed by atoms with Gasteiger partial charge in [0, 0.05) is 17.1 Å². The van der Waals surface area contributed by atoms with Gasteiger partial charge in [0.15, 0.2) is 0 Å². The van der Waals surface area contributed by atoms with E-state index in [1.807, 2.05) is 6.92 Å². The fraction of sp³-hybridized carbons (Fsp3) is 0.625. The highest BCUT2D eigenvalue weighted by atomic mass is 15.1. The maximum Gasteiger partial charge on any atom is 0.234 e. The first-order valence-electron chi connectivity index (χ1n) is 7.20. The average Bonchev–Trinajstić information content (AvgIpc) is 2.64. The van der Waals surface area contributed by atoms with Crippen molar-refractivity contribution in [3.05, 3.63) is 28.8 Å². The lowest BCUT2D eigenvalue weighted by Gasteiger charge is -2.33. The van der Waals surface area contributed by atoms with Crippen LogP contribution in [0.2, 0.25) is 0 Å². The summed E-state index contributed by atoms with van der Waals surface area (Å²) in [6, 6.07) is 2.15. The molecule has 0 radical (unpaired) electrons. The van der Waals surface area contributed by atoms with E-state index in [2.05, 4.69) is 43.1 Å². The summed E-state index contributed by atoms with van der Waals surface area (Å²) in [7, 11) is 0. The summed E-state index contributed by atoms with van der Waals surface area (Å²) in [5, 5.41) is 0. The maximum absolute atomic E-state index is 4.74. The van der Waals surface area contributed by atoms with Crippen LogP contribution in [0.1, 0.15) is 50.0 Å². The van der Waals surface area contributed by atoms with Gasteiger partial charge in [-0.3, -0.25) is 4.40 Å². The number of hydrogen-bond acceptors (Lipinski definition) is 2. The van der Waals surface area contributed by atoms with Gasteiger partial charge in [-0.05, 0) is 50.5 Å². The molecular weight excluding hydrogens is 234 g/mol. The third-order valence-electron chi connectivity index (χ3n) is 4.48. The van der Waals surface area contributed by atoms with Crippen molar-refractivity contribution in [2.24, 2.45) is 11.3 Å². The molecule has 19 heavy (non-hydrogen) atoms. The van der Waals surface area contributed by atoms with Gasteiger partial charge in [0.05, 0.1) is 5.69 Å². The van der Waals surface area contributed by atoms with Gasteiger partial charge >= 0.3 is 0 Å². The zero-order chi connectivity index (χ0) is 13.8. The Kier molecular flexibility index (Phi) is 2.70. The molecule has 0 saturated carbocycles. The molecule has 1 aliphatic rings. The lowest BCUT2D eigenvalue weighted by molar-refractivity contribution is 0.213. The predicted octanol–water partition coefficient (Wildman–Crippen LogP) is 3.50. The second-order valence-corrected chi connectivity index (χ2v) is 6.99. The molecule has 2 heterocycles. The molecule has 0 saturated heterocycles. The van der Waals surface area contributed by atoms with Crippen LogP contribution in [0.15, 0.2) is 6.07 Å². The van der Waals surface area contributed by atoms with Crippen molar-refractivity contribution in [3.8, 4) is 0 Å². The van der Waals surface area contributed by atoms with E-state index in [0.29, 0.717) is 5.41 Å². The van der Waals surface area contributed by atoms with E-state index in [0.717, 1.165) is 30.2 Å². The molecule has 0 aliphatic heterocycles. The van der Waals surface area contributed by atoms with Crippen LogP contribution in [0.4, 0.5) is 0 Å². The Hall–Kier alpha value is -1.38. The number of rotatable bonds is 0. The Balaban J connectivity index is 2.13. The summed E-state index contributed by atoms with van der Waals surface area (Å²) in [6.07, 6.45) is 3.48. The number of hydrogen-bond donors (Lipinski definition) is 0. The highest BCUT2D eigenvalue weighted by molar-refractivity contribution is 5.40. The molecule has 0 spiro atoms. The van der Waals surface area contributed by atoms with Gasteiger partial charge in [-0.1, -0.05) is 20.8 Å². The number of fused-ring (bicyclic) bond motifs is 3. The SMILES string of the molecule is Cc1cc(C)n2c3c(nc2n1)CCC(C(C)(C)C)C3. The molecule has 0 bridgehead atoms. The number of imidazole rings is 1. The Labute approximate surface area is 115 Å². The second-order valence-electron chi connectivity index (χ2n) is 6.99. The van der Waals surface area contributed by atoms with Gasteiger partial charge < -0.3 is 0 Å². The normalized spacial score (nSPS) is 19.7. The first kappa shape index (κ1) is 12.6. The predicted molar refractivity (Wildman–Crippen MR) is 77.4 cm³/mol. The standard InChI is InChI=1S/C16H23N3/c1-10-8-11(2)19-14-9-12(16(3,4)5)6-7-13(14)18-15(19)17-10/h8,12H,6-7,9H2,1-5H3. The van der Waals surface area contributed by atoms with E-state index >= 15 is 0 Å². The van der Waals surface area contributed by atoms with Crippen LogP contribution < -0.4 is 0 Å². The summed E-state index contributed by atoms with van der Waals surface area (Å²) in [5.41, 5.74) is 5.34. The summed E-state index contributed by atoms with van der Waals surface area (Å²) >= 11 is 0. The van der Waals surface area contributed by atoms with Crippen molar-refractivity contribution in [3.63, 3.8) is 0 Å². The molecule has 1 aliphatic carbocycles. The topological polar surface area (TPSA) is 30.2 Å². The average molecular weight is 257 g/mol. The summed E-state index contributed by atoms with van der Waals surface area (Å²) in [4.78, 5) is 9.32. The van der Waals surface area contributed by atoms with Gasteiger partial charge in [-0.2, -0.15) is 0 Å². The lowest BCUT2D eigenvalue weighted by atomic mass is 9.73. The Morgan fingerprint density at radius 3 is 2.63 bits per heavy atom. The van der Waals surface area contributed by atoms with E-state index in [-0.39, 0.29) is 0 Å². The molecule has 1 atom stereocenters. The second kappa shape index (κ2) is 4.06. The zero-order valence-corrected chi connectivity index (χ0v) is 12.6. The fourth-order valence-corrected chi connectivity index (χ4v) is 3.28. The minimum Gasteiger partial charge on any atom is -0.285 e. The van der Waals surface area contributed by atoms with E-state index in [1.165, 1.54) is 23.5 Å². The van der Waals surface area contributed by atoms with Crippen molar-refractivity contribution >= 4 is 5.78 Å². The van der Waals surface area contributed by atoms with Gasteiger partial charge in [0.2, 0.25) is 5.78 Å². The van der Waals surface area contributed by atoms with E-state index in [1.54, 1.807) is 0 Å². The lowest BCUT2D eigenvalue weighted by Crippen LogP contribution is -2.27. The molecule has 1 unspecified atom stereocenters. The first-order valence-corrected chi connectivity index (χ1v) is 7.20. The Morgan fingerprint density at radius 2 is 1.95 bits per heavy atom. The van der Waals surface area contributed by atoms with E-state index in [4.69, 9.17) is 4.98 Å². The molecule has 0 amide bonds. The number of aryl methyl sites for hydroxylation is 3. The first-order chi connectivity index (χ1) is 8.86. The third-order valence-corrected chi connectivity index (χ3v) is 4.48. The van der Waals surface area contributed by atoms with Crippen LogP contribution in [-0.4, -0.2) is 14.4 Å². The van der Waals surface area contributed by atoms with Crippen LogP contribution >= 0.6 is 0 Å². The molecule has 3 nitrogen and oxygen atoms in total. The minimum atomic E-state index is 0.369. The van der Waals surface area contributed by atoms with Crippen LogP contribution in [0, 0.1) is 25.2 Å². The van der Waals surface area contributed by atoms with Crippen molar-refractivity contribution in [1.82, 2.24) is 14.4 Å². The van der Waals surface area contributed by atoms with E-state index < -0.39 is 0 Å². The van der Waals surface area contributed by atoms with Crippen LogP contribution in [0.3, 0.4) is 0 Å². The quantitative estimate of drug-likeness (QED) is 0.723. The Bertz CT molecular complexity index is 631. The summed E-state index contributed by atoms with van der Waals surface area (Å²) < 4.78 is 2.26. The highest BCUT2D eigenvalue weighted by Gasteiger charge is 2.31. The highest BCUT2D eigenvalue weighted by Crippen LogP contribution is 2.37. The Morgan fingerprint density at radius 1 is 1.21 bits per heavy atom. The molecule has 0 aromatic carbocycles. The maximum atomic E-state index is 4.74. The molecule has 0 fully saturated rings. The number of aromatic nitrogens is 3. The molecule has 3 rings (SSSR count). The van der Waals surface area contributed by atoms with Gasteiger partial charge in [0.25, 0.3) is 0 Å². The molecule has 2 aromatic heterocycles. The van der Waals surface area contributed by atoms with Crippen molar-refractivity contribution in [1.29, 1.82) is 0 Å². The van der Waals surface area contributed by atoms with Crippen molar-refractivity contribution < 1.29 is 0 Å². The van der Waals surface area contributed by atoms with Gasteiger partial charge in [0.1, 0.15) is 0 Å². The monoisotopic (exact) mass is 257 g/mol. The minimum absolute atomic E-state index is 0.369. The zero-order valence-electron chi connectivity index (χ0n) is 12.6. The largest absolute Gasteiger partial charge is 0.285 e. The fourth-order valence-electron chi connectivity index (χ4n) is 3.28. The van der Waals surface area contributed by atoms with Crippen LogP contribution in [-0.2, 0) is 12.8 Å². The summed E-state index contributed by atoms with van der Waals surface area (Å²) in [5.74, 6) is 1.62. The number of nitrogens with zero attached hydrogens (tertiary/aromatic N) is 3. The van der Waals surface area contributed by atoms with Gasteiger partial charge in [-0.25, -0.2) is 9.97 Å². The molecule has 2 aromatic rings. The molecule has 0 N–H and O–H groups in total. The third kappa shape index (κ3) is 2.05. The molecule has 3 heteroatoms. The molecular formula is C16H23N3. The smallest absolute Gasteiger partial charge is 0.234 e. The summed E-state index contributed by atoms with van der Waals surface area (Å²) in [6.45, 7) is 11.2. The van der Waals surface area contributed by atoms with Crippen molar-refractivity contribution in [2.45, 2.75) is 53.9 Å². The van der Waals surface area contributed by atoms with Crippen molar-refractivity contribution in [2.75, 3.05) is 0 Å². The van der Waals surface area contributed by atoms with Crippen LogP contribution in [0.5, 0.6) is 0 Å².